The molecule has 1 aromatic carbocycles. The molecule has 0 unspecified atom stereocenters. The summed E-state index contributed by atoms with van der Waals surface area (Å²) in [6.07, 6.45) is 0.988. The number of rotatable bonds is 3. The lowest BCUT2D eigenvalue weighted by Gasteiger charge is -2.22. The molecule has 0 bridgehead atoms. The minimum Gasteiger partial charge on any atom is -0.337 e. The van der Waals surface area contributed by atoms with Crippen LogP contribution >= 0.6 is 22.9 Å². The molecule has 0 aliphatic carbocycles. The highest BCUT2D eigenvalue weighted by Crippen LogP contribution is 2.18. The summed E-state index contributed by atoms with van der Waals surface area (Å²) >= 11 is 7.69. The first-order valence-corrected chi connectivity index (χ1v) is 9.47. The smallest absolute Gasteiger partial charge is 0.254 e. The summed E-state index contributed by atoms with van der Waals surface area (Å²) in [5, 5.41) is 3.90. The molecule has 2 heterocycles. The largest absolute Gasteiger partial charge is 0.337 e. The average Bonchev–Trinajstić information content (AvgIpc) is 2.80. The summed E-state index contributed by atoms with van der Waals surface area (Å²) < 4.78 is 0. The van der Waals surface area contributed by atoms with E-state index >= 15 is 0 Å². The molecule has 24 heavy (non-hydrogen) atoms. The highest BCUT2D eigenvalue weighted by molar-refractivity contribution is 7.09. The molecule has 6 heteroatoms. The van der Waals surface area contributed by atoms with E-state index in [-0.39, 0.29) is 5.91 Å². The minimum atomic E-state index is 0.107. The fraction of sp³-hybridized carbons (Fsp3) is 0.444. The normalized spacial score (nSPS) is 16.2. The van der Waals surface area contributed by atoms with E-state index in [2.05, 4.69) is 15.3 Å². The topological polar surface area (TPSA) is 36.4 Å². The number of thiazole rings is 1. The Morgan fingerprint density at radius 2 is 2.08 bits per heavy atom. The molecule has 1 amide bonds. The van der Waals surface area contributed by atoms with Gasteiger partial charge >= 0.3 is 0 Å². The second-order valence-corrected chi connectivity index (χ2v) is 7.74. The first kappa shape index (κ1) is 17.4. The molecular weight excluding hydrogens is 342 g/mol. The van der Waals surface area contributed by atoms with E-state index in [1.807, 2.05) is 30.9 Å². The number of carbonyl (C=O) groups excluding carboxylic acids is 1. The Balaban J connectivity index is 1.63. The zero-order valence-corrected chi connectivity index (χ0v) is 15.7. The molecule has 0 N–H and O–H groups in total. The van der Waals surface area contributed by atoms with Crippen LogP contribution in [0, 0.1) is 13.8 Å². The molecule has 0 saturated carbocycles. The molecule has 0 spiro atoms. The number of benzene rings is 1. The van der Waals surface area contributed by atoms with Crippen LogP contribution in [0.3, 0.4) is 0 Å². The summed E-state index contributed by atoms with van der Waals surface area (Å²) in [5.41, 5.74) is 2.82. The van der Waals surface area contributed by atoms with Crippen molar-refractivity contribution < 1.29 is 4.79 Å². The van der Waals surface area contributed by atoms with Crippen LogP contribution in [0.25, 0.3) is 0 Å². The van der Waals surface area contributed by atoms with Crippen molar-refractivity contribution in [1.82, 2.24) is 14.8 Å². The van der Waals surface area contributed by atoms with Gasteiger partial charge in [0, 0.05) is 48.7 Å². The fourth-order valence-corrected chi connectivity index (χ4v) is 3.91. The van der Waals surface area contributed by atoms with Crippen molar-refractivity contribution in [3.8, 4) is 0 Å². The van der Waals surface area contributed by atoms with Gasteiger partial charge in [0.1, 0.15) is 0 Å². The Hall–Kier alpha value is -1.43. The van der Waals surface area contributed by atoms with Crippen LogP contribution in [-0.2, 0) is 6.54 Å². The third-order valence-corrected chi connectivity index (χ3v) is 5.40. The third-order valence-electron chi connectivity index (χ3n) is 4.35. The van der Waals surface area contributed by atoms with Crippen LogP contribution in [0.1, 0.15) is 33.0 Å². The first-order valence-electron chi connectivity index (χ1n) is 8.22. The van der Waals surface area contributed by atoms with E-state index < -0.39 is 0 Å². The number of hydrogen-bond acceptors (Lipinski definition) is 4. The van der Waals surface area contributed by atoms with Crippen molar-refractivity contribution in [2.45, 2.75) is 26.8 Å². The summed E-state index contributed by atoms with van der Waals surface area (Å²) in [7, 11) is 0. The second-order valence-electron chi connectivity index (χ2n) is 6.24. The Kier molecular flexibility index (Phi) is 5.54. The summed E-state index contributed by atoms with van der Waals surface area (Å²) in [5.74, 6) is 0.107. The van der Waals surface area contributed by atoms with Gasteiger partial charge in [0.25, 0.3) is 5.91 Å². The van der Waals surface area contributed by atoms with Crippen molar-refractivity contribution in [2.75, 3.05) is 26.2 Å². The van der Waals surface area contributed by atoms with E-state index in [1.54, 1.807) is 17.4 Å². The Bertz CT molecular complexity index is 731. The van der Waals surface area contributed by atoms with Gasteiger partial charge in [0.05, 0.1) is 10.7 Å². The molecule has 1 aliphatic heterocycles. The van der Waals surface area contributed by atoms with Gasteiger partial charge < -0.3 is 4.90 Å². The molecule has 3 rings (SSSR count). The Morgan fingerprint density at radius 1 is 1.25 bits per heavy atom. The van der Waals surface area contributed by atoms with Crippen LogP contribution in [0.5, 0.6) is 0 Å². The Labute approximate surface area is 152 Å². The van der Waals surface area contributed by atoms with Gasteiger partial charge in [-0.15, -0.1) is 11.3 Å². The SMILES string of the molecule is Cc1nc(CN2CCCN(C(=O)c3ccc(Cl)cc3C)CC2)cs1. The van der Waals surface area contributed by atoms with Gasteiger partial charge in [0.2, 0.25) is 0 Å². The summed E-state index contributed by atoms with van der Waals surface area (Å²) in [4.78, 5) is 21.7. The number of hydrogen-bond donors (Lipinski definition) is 0. The standard InChI is InChI=1S/C18H22ClN3OS/c1-13-10-15(19)4-5-17(13)18(23)22-7-3-6-21(8-9-22)11-16-12-24-14(2)20-16/h4-5,10,12H,3,6-9,11H2,1-2H3. The number of aromatic nitrogens is 1. The highest BCUT2D eigenvalue weighted by Gasteiger charge is 2.21. The first-order chi connectivity index (χ1) is 11.5. The quantitative estimate of drug-likeness (QED) is 0.833. The van der Waals surface area contributed by atoms with Crippen LogP contribution < -0.4 is 0 Å². The van der Waals surface area contributed by atoms with Crippen molar-refractivity contribution >= 4 is 28.8 Å². The maximum absolute atomic E-state index is 12.8. The highest BCUT2D eigenvalue weighted by atomic mass is 35.5. The molecule has 2 aromatic rings. The van der Waals surface area contributed by atoms with E-state index in [0.29, 0.717) is 5.02 Å². The molecule has 4 nitrogen and oxygen atoms in total. The number of halogens is 1. The van der Waals surface area contributed by atoms with Gasteiger partial charge in [-0.2, -0.15) is 0 Å². The van der Waals surface area contributed by atoms with Gasteiger partial charge in [0.15, 0.2) is 0 Å². The Morgan fingerprint density at radius 3 is 2.79 bits per heavy atom. The number of amides is 1. The van der Waals surface area contributed by atoms with Crippen molar-refractivity contribution in [2.24, 2.45) is 0 Å². The lowest BCUT2D eigenvalue weighted by molar-refractivity contribution is 0.0760. The number of carbonyl (C=O) groups is 1. The molecule has 1 aliphatic rings. The minimum absolute atomic E-state index is 0.107. The second kappa shape index (κ2) is 7.64. The lowest BCUT2D eigenvalue weighted by atomic mass is 10.1. The molecule has 0 atom stereocenters. The van der Waals surface area contributed by atoms with Crippen molar-refractivity contribution in [3.05, 3.63) is 50.4 Å². The predicted octanol–water partition coefficient (Wildman–Crippen LogP) is 3.76. The molecule has 1 aromatic heterocycles. The number of aryl methyl sites for hydroxylation is 2. The molecular formula is C18H22ClN3OS. The van der Waals surface area contributed by atoms with Crippen LogP contribution in [-0.4, -0.2) is 46.9 Å². The molecule has 1 saturated heterocycles. The van der Waals surface area contributed by atoms with Gasteiger partial charge in [-0.05, 0) is 44.0 Å². The van der Waals surface area contributed by atoms with Crippen LogP contribution in [0.15, 0.2) is 23.6 Å². The monoisotopic (exact) mass is 363 g/mol. The predicted molar refractivity (Wildman–Crippen MR) is 98.8 cm³/mol. The van der Waals surface area contributed by atoms with Gasteiger partial charge in [-0.1, -0.05) is 11.6 Å². The zero-order chi connectivity index (χ0) is 17.1. The van der Waals surface area contributed by atoms with Gasteiger partial charge in [-0.3, -0.25) is 9.69 Å². The van der Waals surface area contributed by atoms with E-state index in [0.717, 1.165) is 61.0 Å². The van der Waals surface area contributed by atoms with Crippen LogP contribution in [0.4, 0.5) is 0 Å². The third kappa shape index (κ3) is 4.15. The van der Waals surface area contributed by atoms with Crippen molar-refractivity contribution in [1.29, 1.82) is 0 Å². The number of nitrogens with zero attached hydrogens (tertiary/aromatic N) is 3. The fourth-order valence-electron chi connectivity index (χ4n) is 3.08. The van der Waals surface area contributed by atoms with E-state index in [1.165, 1.54) is 0 Å². The van der Waals surface area contributed by atoms with E-state index in [9.17, 15) is 4.79 Å². The lowest BCUT2D eigenvalue weighted by Crippen LogP contribution is -2.35. The maximum atomic E-state index is 12.8. The summed E-state index contributed by atoms with van der Waals surface area (Å²) in [6, 6.07) is 5.47. The van der Waals surface area contributed by atoms with Gasteiger partial charge in [-0.25, -0.2) is 4.98 Å². The maximum Gasteiger partial charge on any atom is 0.254 e. The summed E-state index contributed by atoms with van der Waals surface area (Å²) in [6.45, 7) is 8.28. The van der Waals surface area contributed by atoms with Crippen molar-refractivity contribution in [3.63, 3.8) is 0 Å². The van der Waals surface area contributed by atoms with E-state index in [4.69, 9.17) is 11.6 Å². The average molecular weight is 364 g/mol. The zero-order valence-electron chi connectivity index (χ0n) is 14.1. The molecule has 1 fully saturated rings. The molecule has 128 valence electrons. The van der Waals surface area contributed by atoms with Crippen LogP contribution in [0.2, 0.25) is 5.02 Å². The molecule has 0 radical (unpaired) electrons.